The summed E-state index contributed by atoms with van der Waals surface area (Å²) < 4.78 is 16.2. The van der Waals surface area contributed by atoms with Gasteiger partial charge < -0.3 is 24.4 Å². The Hall–Kier alpha value is -1.79. The van der Waals surface area contributed by atoms with Gasteiger partial charge in [0.25, 0.3) is 0 Å². The van der Waals surface area contributed by atoms with E-state index in [-0.39, 0.29) is 18.2 Å². The molecule has 3 rings (SSSR count). The van der Waals surface area contributed by atoms with E-state index in [4.69, 9.17) is 14.2 Å². The van der Waals surface area contributed by atoms with E-state index in [1.807, 2.05) is 17.0 Å². The van der Waals surface area contributed by atoms with Crippen LogP contribution in [0.25, 0.3) is 0 Å². The fraction of sp³-hybridized carbons (Fsp3) is 0.632. The molecule has 0 aromatic heterocycles. The van der Waals surface area contributed by atoms with Gasteiger partial charge in [0.1, 0.15) is 5.75 Å². The van der Waals surface area contributed by atoms with E-state index in [0.29, 0.717) is 26.4 Å². The molecular weight excluding hydrogens is 320 g/mol. The van der Waals surface area contributed by atoms with Crippen LogP contribution in [0, 0.1) is 0 Å². The topological polar surface area (TPSA) is 60.0 Å². The van der Waals surface area contributed by atoms with Crippen molar-refractivity contribution in [2.24, 2.45) is 0 Å². The standard InChI is InChI=1S/C19H28N2O4/c1-23-16-8-6-15(7-9-16)18-5-3-2-4-10-21(18)19(22)20-13-17-14-24-11-12-25-17/h6-9,17-18H,2-5,10-14H2,1H3,(H,20,22)/t17-,18+/m1/s1. The fourth-order valence-electron chi connectivity index (χ4n) is 3.48. The lowest BCUT2D eigenvalue weighted by atomic mass is 10.0. The molecule has 2 heterocycles. The summed E-state index contributed by atoms with van der Waals surface area (Å²) in [6.45, 7) is 3.05. The van der Waals surface area contributed by atoms with E-state index in [2.05, 4.69) is 17.4 Å². The first-order valence-electron chi connectivity index (χ1n) is 9.15. The molecule has 6 nitrogen and oxygen atoms in total. The fourth-order valence-corrected chi connectivity index (χ4v) is 3.48. The predicted octanol–water partition coefficient (Wildman–Crippen LogP) is 2.74. The third-order valence-corrected chi connectivity index (χ3v) is 4.88. The van der Waals surface area contributed by atoms with Crippen LogP contribution in [0.4, 0.5) is 4.79 Å². The Balaban J connectivity index is 1.65. The summed E-state index contributed by atoms with van der Waals surface area (Å²) in [4.78, 5) is 14.8. The van der Waals surface area contributed by atoms with Gasteiger partial charge in [0, 0.05) is 13.1 Å². The van der Waals surface area contributed by atoms with E-state index in [0.717, 1.165) is 43.5 Å². The second-order valence-electron chi connectivity index (χ2n) is 6.59. The van der Waals surface area contributed by atoms with E-state index < -0.39 is 0 Å². The van der Waals surface area contributed by atoms with E-state index in [9.17, 15) is 4.79 Å². The number of ether oxygens (including phenoxy) is 3. The van der Waals surface area contributed by atoms with Gasteiger partial charge in [-0.15, -0.1) is 0 Å². The summed E-state index contributed by atoms with van der Waals surface area (Å²) >= 11 is 0. The minimum atomic E-state index is -0.0517. The van der Waals surface area contributed by atoms with Gasteiger partial charge in [0.2, 0.25) is 0 Å². The van der Waals surface area contributed by atoms with E-state index in [1.54, 1.807) is 7.11 Å². The van der Waals surface area contributed by atoms with Crippen molar-refractivity contribution in [2.75, 3.05) is 40.0 Å². The maximum Gasteiger partial charge on any atom is 0.318 e. The first-order chi connectivity index (χ1) is 12.3. The Morgan fingerprint density at radius 2 is 2.08 bits per heavy atom. The monoisotopic (exact) mass is 348 g/mol. The highest BCUT2D eigenvalue weighted by molar-refractivity contribution is 5.74. The average Bonchev–Trinajstić information content (AvgIpc) is 2.93. The highest BCUT2D eigenvalue weighted by atomic mass is 16.6. The molecule has 2 fully saturated rings. The number of methoxy groups -OCH3 is 1. The Kier molecular flexibility index (Phi) is 6.53. The Morgan fingerprint density at radius 1 is 1.24 bits per heavy atom. The quantitative estimate of drug-likeness (QED) is 0.909. The molecule has 2 saturated heterocycles. The number of hydrogen-bond donors (Lipinski definition) is 1. The van der Waals surface area contributed by atoms with Crippen LogP contribution >= 0.6 is 0 Å². The molecule has 2 amide bonds. The van der Waals surface area contributed by atoms with Crippen molar-refractivity contribution in [3.8, 4) is 5.75 Å². The van der Waals surface area contributed by atoms with Crippen LogP contribution in [0.1, 0.15) is 37.3 Å². The maximum absolute atomic E-state index is 12.8. The zero-order valence-electron chi connectivity index (χ0n) is 14.9. The summed E-state index contributed by atoms with van der Waals surface area (Å²) in [5.41, 5.74) is 1.16. The van der Waals surface area contributed by atoms with Gasteiger partial charge in [-0.05, 0) is 30.5 Å². The third-order valence-electron chi connectivity index (χ3n) is 4.88. The van der Waals surface area contributed by atoms with Crippen LogP contribution in [0.5, 0.6) is 5.75 Å². The minimum Gasteiger partial charge on any atom is -0.497 e. The van der Waals surface area contributed by atoms with Crippen molar-refractivity contribution in [2.45, 2.75) is 37.8 Å². The van der Waals surface area contributed by atoms with Gasteiger partial charge in [-0.3, -0.25) is 0 Å². The third kappa shape index (κ3) is 4.86. The van der Waals surface area contributed by atoms with Crippen molar-refractivity contribution in [1.82, 2.24) is 10.2 Å². The minimum absolute atomic E-state index is 0.0168. The molecule has 0 saturated carbocycles. The van der Waals surface area contributed by atoms with Crippen LogP contribution in [0.15, 0.2) is 24.3 Å². The van der Waals surface area contributed by atoms with Crippen LogP contribution in [0.3, 0.4) is 0 Å². The number of benzene rings is 1. The van der Waals surface area contributed by atoms with Crippen molar-refractivity contribution in [1.29, 1.82) is 0 Å². The van der Waals surface area contributed by atoms with Gasteiger partial charge in [-0.1, -0.05) is 25.0 Å². The van der Waals surface area contributed by atoms with Crippen molar-refractivity contribution >= 4 is 6.03 Å². The summed E-state index contributed by atoms with van der Waals surface area (Å²) in [6, 6.07) is 8.14. The first-order valence-corrected chi connectivity index (χ1v) is 9.15. The number of rotatable bonds is 4. The van der Waals surface area contributed by atoms with Crippen LogP contribution in [0.2, 0.25) is 0 Å². The van der Waals surface area contributed by atoms with Gasteiger partial charge in [0.15, 0.2) is 0 Å². The van der Waals surface area contributed by atoms with Crippen LogP contribution in [-0.4, -0.2) is 57.1 Å². The van der Waals surface area contributed by atoms with E-state index >= 15 is 0 Å². The summed E-state index contributed by atoms with van der Waals surface area (Å²) in [6.07, 6.45) is 4.28. The number of amides is 2. The number of nitrogens with zero attached hydrogens (tertiary/aromatic N) is 1. The van der Waals surface area contributed by atoms with Crippen molar-refractivity contribution in [3.63, 3.8) is 0 Å². The molecule has 2 atom stereocenters. The van der Waals surface area contributed by atoms with E-state index in [1.165, 1.54) is 0 Å². The van der Waals surface area contributed by atoms with Gasteiger partial charge in [-0.25, -0.2) is 4.79 Å². The predicted molar refractivity (Wildman–Crippen MR) is 94.9 cm³/mol. The number of urea groups is 1. The molecule has 2 aliphatic rings. The lowest BCUT2D eigenvalue weighted by Gasteiger charge is -2.31. The Labute approximate surface area is 149 Å². The molecule has 25 heavy (non-hydrogen) atoms. The van der Waals surface area contributed by atoms with Gasteiger partial charge >= 0.3 is 6.03 Å². The SMILES string of the molecule is COc1ccc([C@@H]2CCCCCN2C(=O)NC[C@@H]2COCCO2)cc1. The zero-order valence-corrected chi connectivity index (χ0v) is 14.9. The lowest BCUT2D eigenvalue weighted by molar-refractivity contribution is -0.0856. The van der Waals surface area contributed by atoms with Gasteiger partial charge in [-0.2, -0.15) is 0 Å². The molecule has 0 spiro atoms. The van der Waals surface area contributed by atoms with Gasteiger partial charge in [0.05, 0.1) is 39.1 Å². The Bertz CT molecular complexity index is 543. The van der Waals surface area contributed by atoms with Crippen LogP contribution in [-0.2, 0) is 9.47 Å². The second kappa shape index (κ2) is 9.06. The molecule has 2 aliphatic heterocycles. The molecule has 0 bridgehead atoms. The molecule has 0 aliphatic carbocycles. The number of hydrogen-bond acceptors (Lipinski definition) is 4. The number of likely N-dealkylation sites (tertiary alicyclic amines) is 1. The number of nitrogens with one attached hydrogen (secondary N) is 1. The molecule has 1 aromatic rings. The van der Waals surface area contributed by atoms with Crippen molar-refractivity contribution < 1.29 is 19.0 Å². The second-order valence-corrected chi connectivity index (χ2v) is 6.59. The zero-order chi connectivity index (χ0) is 17.5. The highest BCUT2D eigenvalue weighted by Gasteiger charge is 2.27. The molecule has 0 unspecified atom stereocenters. The summed E-state index contributed by atoms with van der Waals surface area (Å²) in [5, 5.41) is 3.03. The maximum atomic E-state index is 12.8. The first kappa shape index (κ1) is 18.0. The molecule has 1 N–H and O–H groups in total. The number of carbonyl (C=O) groups is 1. The summed E-state index contributed by atoms with van der Waals surface area (Å²) in [5.74, 6) is 0.836. The highest BCUT2D eigenvalue weighted by Crippen LogP contribution is 2.31. The normalized spacial score (nSPS) is 24.4. The molecule has 6 heteroatoms. The largest absolute Gasteiger partial charge is 0.497 e. The molecule has 138 valence electrons. The average molecular weight is 348 g/mol. The molecule has 1 aromatic carbocycles. The lowest BCUT2D eigenvalue weighted by Crippen LogP contribution is -2.46. The summed E-state index contributed by atoms with van der Waals surface area (Å²) in [7, 11) is 1.66. The smallest absolute Gasteiger partial charge is 0.318 e. The molecule has 0 radical (unpaired) electrons. The van der Waals surface area contributed by atoms with Crippen LogP contribution < -0.4 is 10.1 Å². The van der Waals surface area contributed by atoms with Crippen molar-refractivity contribution in [3.05, 3.63) is 29.8 Å². The molecular formula is C19H28N2O4. The Morgan fingerprint density at radius 3 is 2.80 bits per heavy atom. The number of carbonyl (C=O) groups excluding carboxylic acids is 1.